The molecular weight excluding hydrogens is 396 g/mol. The number of amides is 5. The first-order chi connectivity index (χ1) is 14.9. The molecule has 1 saturated heterocycles. The number of nitrogens with one attached hydrogen (secondary N) is 3. The summed E-state index contributed by atoms with van der Waals surface area (Å²) in [7, 11) is 0. The van der Waals surface area contributed by atoms with Crippen LogP contribution in [0.25, 0.3) is 0 Å². The van der Waals surface area contributed by atoms with Gasteiger partial charge < -0.3 is 15.5 Å². The van der Waals surface area contributed by atoms with Gasteiger partial charge in [0.2, 0.25) is 11.8 Å². The van der Waals surface area contributed by atoms with Gasteiger partial charge in [-0.2, -0.15) is 0 Å². The molecule has 5 amide bonds. The lowest BCUT2D eigenvalue weighted by Crippen LogP contribution is -2.52. The second kappa shape index (κ2) is 8.59. The van der Waals surface area contributed by atoms with Gasteiger partial charge in [0, 0.05) is 30.8 Å². The summed E-state index contributed by atoms with van der Waals surface area (Å²) in [5.41, 5.74) is 4.13. The molecule has 160 valence electrons. The summed E-state index contributed by atoms with van der Waals surface area (Å²) in [6.07, 6.45) is 1.49. The lowest BCUT2D eigenvalue weighted by molar-refractivity contribution is -0.136. The van der Waals surface area contributed by atoms with Crippen LogP contribution in [0.1, 0.15) is 46.8 Å². The summed E-state index contributed by atoms with van der Waals surface area (Å²) in [6, 6.07) is 12.1. The quantitative estimate of drug-likeness (QED) is 0.645. The highest BCUT2D eigenvalue weighted by atomic mass is 16.2. The van der Waals surface area contributed by atoms with Gasteiger partial charge in [-0.05, 0) is 47.7 Å². The number of carbonyl (C=O) groups is 4. The van der Waals surface area contributed by atoms with E-state index in [2.05, 4.69) is 22.9 Å². The fourth-order valence-electron chi connectivity index (χ4n) is 3.92. The minimum absolute atomic E-state index is 0.211. The summed E-state index contributed by atoms with van der Waals surface area (Å²) in [5.74, 6) is -0.946. The van der Waals surface area contributed by atoms with Crippen molar-refractivity contribution in [3.63, 3.8) is 0 Å². The van der Waals surface area contributed by atoms with Crippen molar-refractivity contribution in [1.82, 2.24) is 15.5 Å². The summed E-state index contributed by atoms with van der Waals surface area (Å²) in [4.78, 5) is 49.9. The summed E-state index contributed by atoms with van der Waals surface area (Å²) < 4.78 is 0. The minimum Gasteiger partial charge on any atom is -0.334 e. The molecule has 3 N–H and O–H groups in total. The fraction of sp³-hybridized carbons (Fsp3) is 0.304. The Labute approximate surface area is 180 Å². The van der Waals surface area contributed by atoms with E-state index in [1.54, 1.807) is 12.1 Å². The zero-order chi connectivity index (χ0) is 22.0. The smallest absolute Gasteiger partial charge is 0.319 e. The standard InChI is InChI=1S/C23H24N4O4/c1-2-14-3-6-17(7-4-14)25-23(31)24-12-15-5-8-18-16(11-15)13-27(22(18)30)19-9-10-20(28)26-21(19)29/h3-8,11,19H,2,9-10,12-13H2,1H3,(H2,24,25,31)(H,26,28,29). The van der Waals surface area contributed by atoms with Gasteiger partial charge in [0.05, 0.1) is 0 Å². The number of hydrogen-bond acceptors (Lipinski definition) is 4. The van der Waals surface area contributed by atoms with Crippen LogP contribution in [0.2, 0.25) is 0 Å². The molecule has 0 saturated carbocycles. The Morgan fingerprint density at radius 2 is 1.84 bits per heavy atom. The van der Waals surface area contributed by atoms with E-state index < -0.39 is 11.9 Å². The van der Waals surface area contributed by atoms with Crippen molar-refractivity contribution in [3.05, 3.63) is 64.7 Å². The molecule has 31 heavy (non-hydrogen) atoms. The van der Waals surface area contributed by atoms with Crippen molar-refractivity contribution in [2.75, 3.05) is 5.32 Å². The van der Waals surface area contributed by atoms with Crippen LogP contribution in [0.3, 0.4) is 0 Å². The van der Waals surface area contributed by atoms with Crippen LogP contribution in [-0.2, 0) is 29.1 Å². The lowest BCUT2D eigenvalue weighted by atomic mass is 10.0. The van der Waals surface area contributed by atoms with Crippen molar-refractivity contribution in [2.24, 2.45) is 0 Å². The summed E-state index contributed by atoms with van der Waals surface area (Å²) in [5, 5.41) is 7.91. The monoisotopic (exact) mass is 420 g/mol. The van der Waals surface area contributed by atoms with Gasteiger partial charge in [0.1, 0.15) is 6.04 Å². The molecule has 0 aliphatic carbocycles. The van der Waals surface area contributed by atoms with Crippen molar-refractivity contribution >= 4 is 29.4 Å². The molecule has 2 heterocycles. The summed E-state index contributed by atoms with van der Waals surface area (Å²) in [6.45, 7) is 2.69. The van der Waals surface area contributed by atoms with Crippen molar-refractivity contribution in [3.8, 4) is 0 Å². The number of imide groups is 1. The normalized spacial score (nSPS) is 17.9. The largest absolute Gasteiger partial charge is 0.334 e. The molecule has 8 nitrogen and oxygen atoms in total. The minimum atomic E-state index is -0.635. The maximum atomic E-state index is 12.7. The van der Waals surface area contributed by atoms with E-state index in [1.165, 1.54) is 10.5 Å². The summed E-state index contributed by atoms with van der Waals surface area (Å²) >= 11 is 0. The van der Waals surface area contributed by atoms with Crippen LogP contribution < -0.4 is 16.0 Å². The number of piperidine rings is 1. The highest BCUT2D eigenvalue weighted by Crippen LogP contribution is 2.28. The number of fused-ring (bicyclic) bond motifs is 1. The SMILES string of the molecule is CCc1ccc(NC(=O)NCc2ccc3c(c2)CN(C2CCC(=O)NC2=O)C3=O)cc1. The van der Waals surface area contributed by atoms with E-state index >= 15 is 0 Å². The van der Waals surface area contributed by atoms with E-state index in [1.807, 2.05) is 30.3 Å². The molecule has 2 aromatic carbocycles. The predicted molar refractivity (Wildman–Crippen MR) is 114 cm³/mol. The van der Waals surface area contributed by atoms with Crippen LogP contribution in [0.15, 0.2) is 42.5 Å². The zero-order valence-electron chi connectivity index (χ0n) is 17.2. The molecule has 2 aliphatic rings. The third kappa shape index (κ3) is 4.42. The van der Waals surface area contributed by atoms with Gasteiger partial charge in [-0.3, -0.25) is 19.7 Å². The highest BCUT2D eigenvalue weighted by Gasteiger charge is 2.39. The Morgan fingerprint density at radius 3 is 2.55 bits per heavy atom. The van der Waals surface area contributed by atoms with Crippen LogP contribution in [0.4, 0.5) is 10.5 Å². The van der Waals surface area contributed by atoms with Gasteiger partial charge >= 0.3 is 6.03 Å². The molecule has 1 atom stereocenters. The number of hydrogen-bond donors (Lipinski definition) is 3. The van der Waals surface area contributed by atoms with Gasteiger partial charge in [0.15, 0.2) is 0 Å². The third-order valence-corrected chi connectivity index (χ3v) is 5.66. The predicted octanol–water partition coefficient (Wildman–Crippen LogP) is 2.33. The fourth-order valence-corrected chi connectivity index (χ4v) is 3.92. The Morgan fingerprint density at radius 1 is 1.10 bits per heavy atom. The molecule has 2 aromatic rings. The highest BCUT2D eigenvalue weighted by molar-refractivity contribution is 6.05. The number of anilines is 1. The first-order valence-electron chi connectivity index (χ1n) is 10.3. The Kier molecular flexibility index (Phi) is 5.70. The lowest BCUT2D eigenvalue weighted by Gasteiger charge is -2.29. The van der Waals surface area contributed by atoms with Gasteiger partial charge in [-0.15, -0.1) is 0 Å². The molecular formula is C23H24N4O4. The number of nitrogens with zero attached hydrogens (tertiary/aromatic N) is 1. The Hall–Kier alpha value is -3.68. The van der Waals surface area contributed by atoms with Crippen LogP contribution in [-0.4, -0.2) is 34.7 Å². The topological polar surface area (TPSA) is 108 Å². The second-order valence-electron chi connectivity index (χ2n) is 7.75. The molecule has 1 unspecified atom stereocenters. The van der Waals surface area contributed by atoms with E-state index in [9.17, 15) is 19.2 Å². The van der Waals surface area contributed by atoms with Crippen LogP contribution in [0, 0.1) is 0 Å². The first-order valence-corrected chi connectivity index (χ1v) is 10.3. The molecule has 1 fully saturated rings. The Bertz CT molecular complexity index is 1050. The average molecular weight is 420 g/mol. The number of benzene rings is 2. The molecule has 0 aromatic heterocycles. The number of carbonyl (C=O) groups excluding carboxylic acids is 4. The maximum absolute atomic E-state index is 12.7. The van der Waals surface area contributed by atoms with Gasteiger partial charge in [0.25, 0.3) is 5.91 Å². The number of urea groups is 1. The van der Waals surface area contributed by atoms with Crippen molar-refractivity contribution in [1.29, 1.82) is 0 Å². The second-order valence-corrected chi connectivity index (χ2v) is 7.75. The van der Waals surface area contributed by atoms with Crippen LogP contribution in [0.5, 0.6) is 0 Å². The van der Waals surface area contributed by atoms with E-state index in [0.717, 1.165) is 17.5 Å². The van der Waals surface area contributed by atoms with E-state index in [4.69, 9.17) is 0 Å². The third-order valence-electron chi connectivity index (χ3n) is 5.66. The average Bonchev–Trinajstić information content (AvgIpc) is 3.08. The zero-order valence-corrected chi connectivity index (χ0v) is 17.2. The van der Waals surface area contributed by atoms with Crippen LogP contribution >= 0.6 is 0 Å². The first kappa shape index (κ1) is 20.6. The van der Waals surface area contributed by atoms with E-state index in [-0.39, 0.29) is 24.3 Å². The van der Waals surface area contributed by atoms with E-state index in [0.29, 0.717) is 30.8 Å². The molecule has 0 radical (unpaired) electrons. The molecule has 8 heteroatoms. The molecule has 0 bridgehead atoms. The van der Waals surface area contributed by atoms with Crippen molar-refractivity contribution in [2.45, 2.75) is 45.3 Å². The Balaban J connectivity index is 1.36. The van der Waals surface area contributed by atoms with Crippen molar-refractivity contribution < 1.29 is 19.2 Å². The molecule has 0 spiro atoms. The number of aryl methyl sites for hydroxylation is 1. The van der Waals surface area contributed by atoms with Gasteiger partial charge in [-0.1, -0.05) is 31.2 Å². The molecule has 4 rings (SSSR count). The van der Waals surface area contributed by atoms with Gasteiger partial charge in [-0.25, -0.2) is 4.79 Å². The maximum Gasteiger partial charge on any atom is 0.319 e. The number of rotatable bonds is 5. The molecule has 2 aliphatic heterocycles.